The molecule has 278 valence electrons. The second-order valence-corrected chi connectivity index (χ2v) is 16.5. The quantitative estimate of drug-likeness (QED) is 0.166. The van der Waals surface area contributed by atoms with Crippen molar-refractivity contribution in [3.8, 4) is 55.9 Å². The van der Waals surface area contributed by atoms with Crippen LogP contribution in [0.4, 0.5) is 0 Å². The molecule has 0 spiro atoms. The van der Waals surface area contributed by atoms with Crippen LogP contribution in [0.3, 0.4) is 0 Å². The van der Waals surface area contributed by atoms with E-state index in [0.29, 0.717) is 0 Å². The predicted molar refractivity (Wildman–Crippen MR) is 249 cm³/mol. The number of hydrogen-bond donors (Lipinski definition) is 0. The molecule has 59 heavy (non-hydrogen) atoms. The fraction of sp³-hybridized carbons (Fsp3) is 0.0526. The van der Waals surface area contributed by atoms with Gasteiger partial charge in [-0.1, -0.05) is 159 Å². The fourth-order valence-corrected chi connectivity index (χ4v) is 10.1. The van der Waals surface area contributed by atoms with E-state index in [1.807, 2.05) is 0 Å². The third kappa shape index (κ3) is 5.06. The number of para-hydroxylation sites is 1. The summed E-state index contributed by atoms with van der Waals surface area (Å²) >= 11 is 0. The van der Waals surface area contributed by atoms with Crippen LogP contribution in [0.25, 0.3) is 99.5 Å². The Morgan fingerprint density at radius 1 is 0.322 bits per heavy atom. The molecule has 2 heteroatoms. The minimum Gasteiger partial charge on any atom is -0.309 e. The third-order valence-electron chi connectivity index (χ3n) is 12.9. The second-order valence-electron chi connectivity index (χ2n) is 16.5. The first-order valence-corrected chi connectivity index (χ1v) is 20.6. The number of hydrogen-bond acceptors (Lipinski definition) is 0. The summed E-state index contributed by atoms with van der Waals surface area (Å²) in [4.78, 5) is 0. The van der Waals surface area contributed by atoms with Gasteiger partial charge in [-0.3, -0.25) is 0 Å². The molecule has 2 aromatic heterocycles. The first-order chi connectivity index (χ1) is 29.0. The molecule has 0 amide bonds. The van der Waals surface area contributed by atoms with Crippen LogP contribution >= 0.6 is 0 Å². The number of rotatable bonds is 5. The van der Waals surface area contributed by atoms with Crippen molar-refractivity contribution in [3.05, 3.63) is 217 Å². The first kappa shape index (κ1) is 33.7. The van der Waals surface area contributed by atoms with Crippen molar-refractivity contribution in [2.75, 3.05) is 0 Å². The second kappa shape index (κ2) is 12.8. The smallest absolute Gasteiger partial charge is 0.0547 e. The molecule has 9 aromatic carbocycles. The Hall–Kier alpha value is -7.42. The van der Waals surface area contributed by atoms with Gasteiger partial charge in [-0.25, -0.2) is 0 Å². The van der Waals surface area contributed by atoms with E-state index in [0.717, 1.165) is 11.4 Å². The molecule has 2 heterocycles. The maximum absolute atomic E-state index is 2.48. The summed E-state index contributed by atoms with van der Waals surface area (Å²) in [6.07, 6.45) is 0. The van der Waals surface area contributed by atoms with Crippen molar-refractivity contribution in [2.45, 2.75) is 19.3 Å². The van der Waals surface area contributed by atoms with Crippen LogP contribution in [0.2, 0.25) is 0 Å². The maximum Gasteiger partial charge on any atom is 0.0547 e. The van der Waals surface area contributed by atoms with Gasteiger partial charge in [-0.15, -0.1) is 0 Å². The molecule has 1 aliphatic carbocycles. The van der Waals surface area contributed by atoms with E-state index < -0.39 is 0 Å². The van der Waals surface area contributed by atoms with Crippen molar-refractivity contribution >= 4 is 43.6 Å². The van der Waals surface area contributed by atoms with E-state index in [1.165, 1.54) is 99.2 Å². The Bertz CT molecular complexity index is 3440. The van der Waals surface area contributed by atoms with Crippen LogP contribution in [0, 0.1) is 0 Å². The fourth-order valence-electron chi connectivity index (χ4n) is 10.1. The van der Waals surface area contributed by atoms with Crippen molar-refractivity contribution in [1.82, 2.24) is 9.13 Å². The van der Waals surface area contributed by atoms with E-state index in [-0.39, 0.29) is 5.41 Å². The number of aromatic nitrogens is 2. The average Bonchev–Trinajstić information content (AvgIpc) is 3.89. The van der Waals surface area contributed by atoms with Crippen molar-refractivity contribution < 1.29 is 0 Å². The molecule has 0 saturated heterocycles. The molecule has 11 aromatic rings. The van der Waals surface area contributed by atoms with Gasteiger partial charge in [0.05, 0.1) is 22.1 Å². The summed E-state index contributed by atoms with van der Waals surface area (Å²) in [6.45, 7) is 4.75. The highest BCUT2D eigenvalue weighted by molar-refractivity contribution is 6.19. The Morgan fingerprint density at radius 3 is 1.61 bits per heavy atom. The van der Waals surface area contributed by atoms with Crippen LogP contribution < -0.4 is 0 Å². The SMILES string of the molecule is CC1(C)c2ccccc2-c2c1ccc1c2c2cc(-c3ccc4c(c3)c3ccccc3n4-c3ccc(-c4ccccc4)cc3)ccc2n1-c1cccc(-c2ccccc2)c1. The lowest BCUT2D eigenvalue weighted by atomic mass is 9.82. The van der Waals surface area contributed by atoms with Crippen molar-refractivity contribution in [3.63, 3.8) is 0 Å². The minimum atomic E-state index is -0.0967. The van der Waals surface area contributed by atoms with E-state index >= 15 is 0 Å². The highest BCUT2D eigenvalue weighted by atomic mass is 15.0. The molecule has 12 rings (SSSR count). The maximum atomic E-state index is 2.48. The summed E-state index contributed by atoms with van der Waals surface area (Å²) in [6, 6.07) is 76.0. The lowest BCUT2D eigenvalue weighted by Crippen LogP contribution is -2.14. The molecule has 0 bridgehead atoms. The molecular formula is C57H40N2. The van der Waals surface area contributed by atoms with E-state index in [2.05, 4.69) is 229 Å². The highest BCUT2D eigenvalue weighted by Crippen LogP contribution is 2.53. The van der Waals surface area contributed by atoms with Crippen LogP contribution in [0.5, 0.6) is 0 Å². The molecule has 0 saturated carbocycles. The molecule has 2 nitrogen and oxygen atoms in total. The summed E-state index contributed by atoms with van der Waals surface area (Å²) in [5.74, 6) is 0. The lowest BCUT2D eigenvalue weighted by molar-refractivity contribution is 0.661. The topological polar surface area (TPSA) is 9.86 Å². The summed E-state index contributed by atoms with van der Waals surface area (Å²) in [7, 11) is 0. The molecular weight excluding hydrogens is 713 g/mol. The van der Waals surface area contributed by atoms with Crippen LogP contribution in [-0.2, 0) is 5.41 Å². The molecule has 1 aliphatic rings. The van der Waals surface area contributed by atoms with Gasteiger partial charge in [0.15, 0.2) is 0 Å². The Morgan fingerprint density at radius 2 is 0.847 bits per heavy atom. The Labute approximate surface area is 343 Å². The van der Waals surface area contributed by atoms with Crippen molar-refractivity contribution in [1.29, 1.82) is 0 Å². The Kier molecular flexibility index (Phi) is 7.31. The van der Waals surface area contributed by atoms with Gasteiger partial charge in [0.25, 0.3) is 0 Å². The van der Waals surface area contributed by atoms with Gasteiger partial charge >= 0.3 is 0 Å². The normalized spacial score (nSPS) is 13.1. The first-order valence-electron chi connectivity index (χ1n) is 20.6. The summed E-state index contributed by atoms with van der Waals surface area (Å²) < 4.78 is 4.89. The summed E-state index contributed by atoms with van der Waals surface area (Å²) in [5.41, 5.74) is 19.8. The molecule has 0 N–H and O–H groups in total. The number of fused-ring (bicyclic) bond motifs is 10. The molecule has 0 fully saturated rings. The van der Waals surface area contributed by atoms with E-state index in [1.54, 1.807) is 0 Å². The lowest BCUT2D eigenvalue weighted by Gasteiger charge is -2.21. The predicted octanol–water partition coefficient (Wildman–Crippen LogP) is 15.2. The zero-order chi connectivity index (χ0) is 39.2. The third-order valence-corrected chi connectivity index (χ3v) is 12.9. The molecule has 0 atom stereocenters. The zero-order valence-corrected chi connectivity index (χ0v) is 33.0. The van der Waals surface area contributed by atoms with Gasteiger partial charge in [0.1, 0.15) is 0 Å². The molecule has 0 aliphatic heterocycles. The Balaban J connectivity index is 1.07. The van der Waals surface area contributed by atoms with Crippen LogP contribution in [-0.4, -0.2) is 9.13 Å². The van der Waals surface area contributed by atoms with Gasteiger partial charge in [-0.05, 0) is 116 Å². The van der Waals surface area contributed by atoms with Gasteiger partial charge in [-0.2, -0.15) is 0 Å². The highest BCUT2D eigenvalue weighted by Gasteiger charge is 2.37. The average molecular weight is 753 g/mol. The molecule has 0 unspecified atom stereocenters. The zero-order valence-electron chi connectivity index (χ0n) is 33.0. The number of nitrogens with zero attached hydrogens (tertiary/aromatic N) is 2. The van der Waals surface area contributed by atoms with Crippen LogP contribution in [0.1, 0.15) is 25.0 Å². The largest absolute Gasteiger partial charge is 0.309 e. The van der Waals surface area contributed by atoms with E-state index in [4.69, 9.17) is 0 Å². The standard InChI is InChI=1S/C57H40N2/c1-57(2)49-22-11-9-21-46(49)55-50(57)30-33-54-56(55)48-36-42(27-32-53(48)59(54)44-19-13-18-40(34-44)38-16-7-4-8-17-38)41-26-31-52-47(35-41)45-20-10-12-23-51(45)58(52)43-28-24-39(25-29-43)37-14-5-3-6-15-37/h3-36H,1-2H3. The monoisotopic (exact) mass is 752 g/mol. The van der Waals surface area contributed by atoms with Gasteiger partial charge in [0.2, 0.25) is 0 Å². The van der Waals surface area contributed by atoms with Crippen LogP contribution in [0.15, 0.2) is 206 Å². The van der Waals surface area contributed by atoms with Gasteiger partial charge in [0, 0.05) is 38.3 Å². The van der Waals surface area contributed by atoms with Gasteiger partial charge < -0.3 is 9.13 Å². The summed E-state index contributed by atoms with van der Waals surface area (Å²) in [5, 5.41) is 5.10. The van der Waals surface area contributed by atoms with E-state index in [9.17, 15) is 0 Å². The molecule has 0 radical (unpaired) electrons. The van der Waals surface area contributed by atoms with Crippen molar-refractivity contribution in [2.24, 2.45) is 0 Å². The minimum absolute atomic E-state index is 0.0967. The number of benzene rings is 9.